The molecule has 1 aliphatic rings. The van der Waals surface area contributed by atoms with Gasteiger partial charge in [-0.05, 0) is 13.2 Å². The van der Waals surface area contributed by atoms with E-state index in [0.29, 0.717) is 32.1 Å². The normalized spacial score (nSPS) is 17.1. The molecule has 1 aliphatic heterocycles. The summed E-state index contributed by atoms with van der Waals surface area (Å²) in [4.78, 5) is 22.3. The second-order valence-electron chi connectivity index (χ2n) is 4.25. The van der Waals surface area contributed by atoms with Gasteiger partial charge in [-0.1, -0.05) is 0 Å². The van der Waals surface area contributed by atoms with Crippen molar-refractivity contribution in [2.45, 2.75) is 18.0 Å². The Morgan fingerprint density at radius 1 is 1.47 bits per heavy atom. The molecule has 1 aromatic heterocycles. The van der Waals surface area contributed by atoms with Gasteiger partial charge in [0.05, 0.1) is 13.2 Å². The summed E-state index contributed by atoms with van der Waals surface area (Å²) in [6.07, 6.45) is 3.45. The first-order chi connectivity index (χ1) is 9.20. The van der Waals surface area contributed by atoms with Crippen molar-refractivity contribution in [2.75, 3.05) is 37.9 Å². The van der Waals surface area contributed by atoms with Crippen molar-refractivity contribution in [1.82, 2.24) is 14.9 Å². The molecule has 0 aromatic carbocycles. The average molecular weight is 282 g/mol. The quantitative estimate of drug-likeness (QED) is 0.652. The van der Waals surface area contributed by atoms with Crippen LogP contribution in [0.2, 0.25) is 0 Å². The van der Waals surface area contributed by atoms with Gasteiger partial charge in [0.15, 0.2) is 0 Å². The number of anilines is 1. The van der Waals surface area contributed by atoms with Crippen molar-refractivity contribution in [3.05, 3.63) is 12.4 Å². The Labute approximate surface area is 116 Å². The molecule has 0 saturated carbocycles. The van der Waals surface area contributed by atoms with Crippen molar-refractivity contribution in [2.24, 2.45) is 0 Å². The van der Waals surface area contributed by atoms with Gasteiger partial charge in [0.1, 0.15) is 23.2 Å². The van der Waals surface area contributed by atoms with E-state index in [2.05, 4.69) is 15.3 Å². The van der Waals surface area contributed by atoms with Gasteiger partial charge in [-0.3, -0.25) is 4.79 Å². The molecule has 19 heavy (non-hydrogen) atoms. The highest BCUT2D eigenvalue weighted by molar-refractivity contribution is 7.98. The number of rotatable bonds is 4. The molecule has 1 unspecified atom stereocenters. The predicted molar refractivity (Wildman–Crippen MR) is 74.3 cm³/mol. The van der Waals surface area contributed by atoms with Gasteiger partial charge in [0.2, 0.25) is 5.91 Å². The van der Waals surface area contributed by atoms with Crippen LogP contribution in [0.4, 0.5) is 5.82 Å². The number of nitrogens with zero attached hydrogens (tertiary/aromatic N) is 3. The molecule has 0 aliphatic carbocycles. The lowest BCUT2D eigenvalue weighted by atomic mass is 10.2. The van der Waals surface area contributed by atoms with Crippen molar-refractivity contribution in [3.63, 3.8) is 0 Å². The molecule has 6 nitrogen and oxygen atoms in total. The largest absolute Gasteiger partial charge is 0.378 e. The standard InChI is InChI=1S/C12H18N4O2S/c1-9(12(17)16-3-5-18-6-4-16)15-10-7-11(19-2)14-8-13-10/h7-9H,3-6H2,1-2H3,(H,13,14,15). The van der Waals surface area contributed by atoms with E-state index in [1.165, 1.54) is 6.33 Å². The van der Waals surface area contributed by atoms with Crippen molar-refractivity contribution >= 4 is 23.5 Å². The number of morpholine rings is 1. The number of thioether (sulfide) groups is 1. The lowest BCUT2D eigenvalue weighted by Crippen LogP contribution is -2.47. The van der Waals surface area contributed by atoms with Gasteiger partial charge in [0.25, 0.3) is 0 Å². The zero-order chi connectivity index (χ0) is 13.7. The first-order valence-electron chi connectivity index (χ1n) is 6.20. The summed E-state index contributed by atoms with van der Waals surface area (Å²) in [5, 5.41) is 4.00. The molecule has 2 rings (SSSR count). The summed E-state index contributed by atoms with van der Waals surface area (Å²) in [6, 6.07) is 1.54. The van der Waals surface area contributed by atoms with Crippen LogP contribution in [-0.2, 0) is 9.53 Å². The maximum absolute atomic E-state index is 12.2. The minimum atomic E-state index is -0.303. The van der Waals surface area contributed by atoms with Gasteiger partial charge in [-0.15, -0.1) is 11.8 Å². The Bertz CT molecular complexity index is 437. The summed E-state index contributed by atoms with van der Waals surface area (Å²) in [5.41, 5.74) is 0. The number of hydrogen-bond acceptors (Lipinski definition) is 6. The smallest absolute Gasteiger partial charge is 0.244 e. The third kappa shape index (κ3) is 3.81. The van der Waals surface area contributed by atoms with Crippen molar-refractivity contribution in [1.29, 1.82) is 0 Å². The first kappa shape index (κ1) is 14.1. The molecule has 1 atom stereocenters. The van der Waals surface area contributed by atoms with Crippen LogP contribution in [-0.4, -0.2) is 59.4 Å². The van der Waals surface area contributed by atoms with Crippen LogP contribution in [0.15, 0.2) is 17.4 Å². The van der Waals surface area contributed by atoms with Crippen LogP contribution in [0.5, 0.6) is 0 Å². The number of hydrogen-bond donors (Lipinski definition) is 1. The first-order valence-corrected chi connectivity index (χ1v) is 7.42. The fraction of sp³-hybridized carbons (Fsp3) is 0.583. The second-order valence-corrected chi connectivity index (χ2v) is 5.08. The highest BCUT2D eigenvalue weighted by atomic mass is 32.2. The second kappa shape index (κ2) is 6.72. The molecule has 0 bridgehead atoms. The Morgan fingerprint density at radius 3 is 2.89 bits per heavy atom. The SMILES string of the molecule is CSc1cc(NC(C)C(=O)N2CCOCC2)ncn1. The zero-order valence-corrected chi connectivity index (χ0v) is 11.9. The molecule has 1 amide bonds. The molecule has 2 heterocycles. The van der Waals surface area contributed by atoms with E-state index in [1.54, 1.807) is 11.8 Å². The fourth-order valence-electron chi connectivity index (χ4n) is 1.87. The van der Waals surface area contributed by atoms with Gasteiger partial charge in [-0.2, -0.15) is 0 Å². The highest BCUT2D eigenvalue weighted by Gasteiger charge is 2.22. The fourth-order valence-corrected chi connectivity index (χ4v) is 2.25. The maximum Gasteiger partial charge on any atom is 0.244 e. The predicted octanol–water partition coefficient (Wildman–Crippen LogP) is 0.858. The summed E-state index contributed by atoms with van der Waals surface area (Å²) in [7, 11) is 0. The van der Waals surface area contributed by atoms with E-state index in [4.69, 9.17) is 4.74 Å². The van der Waals surface area contributed by atoms with E-state index in [-0.39, 0.29) is 11.9 Å². The van der Waals surface area contributed by atoms with Crippen LogP contribution in [0, 0.1) is 0 Å². The Hall–Kier alpha value is -1.34. The molecule has 0 radical (unpaired) electrons. The Morgan fingerprint density at radius 2 is 2.21 bits per heavy atom. The Balaban J connectivity index is 1.95. The van der Waals surface area contributed by atoms with E-state index >= 15 is 0 Å². The lowest BCUT2D eigenvalue weighted by Gasteiger charge is -2.29. The Kier molecular flexibility index (Phi) is 4.98. The van der Waals surface area contributed by atoms with Crippen molar-refractivity contribution < 1.29 is 9.53 Å². The number of ether oxygens (including phenoxy) is 1. The monoisotopic (exact) mass is 282 g/mol. The van der Waals surface area contributed by atoms with Gasteiger partial charge in [0, 0.05) is 19.2 Å². The third-order valence-electron chi connectivity index (χ3n) is 2.91. The average Bonchev–Trinajstić information content (AvgIpc) is 2.47. The topological polar surface area (TPSA) is 67.4 Å². The third-order valence-corrected chi connectivity index (χ3v) is 3.55. The minimum Gasteiger partial charge on any atom is -0.378 e. The van der Waals surface area contributed by atoms with Crippen LogP contribution in [0.1, 0.15) is 6.92 Å². The molecular formula is C12H18N4O2S. The van der Waals surface area contributed by atoms with E-state index < -0.39 is 0 Å². The molecule has 104 valence electrons. The summed E-state index contributed by atoms with van der Waals surface area (Å²) in [6.45, 7) is 4.39. The number of nitrogens with one attached hydrogen (secondary N) is 1. The van der Waals surface area contributed by atoms with Gasteiger partial charge < -0.3 is 15.0 Å². The number of carbonyl (C=O) groups excluding carboxylic acids is 1. The lowest BCUT2D eigenvalue weighted by molar-refractivity contribution is -0.135. The molecule has 1 aromatic rings. The highest BCUT2D eigenvalue weighted by Crippen LogP contribution is 2.14. The molecule has 1 N–H and O–H groups in total. The number of aromatic nitrogens is 2. The van der Waals surface area contributed by atoms with E-state index in [0.717, 1.165) is 5.03 Å². The summed E-state index contributed by atoms with van der Waals surface area (Å²) in [5.74, 6) is 0.751. The van der Waals surface area contributed by atoms with Crippen LogP contribution in [0.3, 0.4) is 0 Å². The summed E-state index contributed by atoms with van der Waals surface area (Å²) < 4.78 is 5.24. The van der Waals surface area contributed by atoms with Gasteiger partial charge >= 0.3 is 0 Å². The maximum atomic E-state index is 12.2. The van der Waals surface area contributed by atoms with E-state index in [9.17, 15) is 4.79 Å². The van der Waals surface area contributed by atoms with E-state index in [1.807, 2.05) is 24.1 Å². The zero-order valence-electron chi connectivity index (χ0n) is 11.1. The molecular weight excluding hydrogens is 264 g/mol. The van der Waals surface area contributed by atoms with Crippen LogP contribution < -0.4 is 5.32 Å². The van der Waals surface area contributed by atoms with Crippen LogP contribution >= 0.6 is 11.8 Å². The summed E-state index contributed by atoms with van der Waals surface area (Å²) >= 11 is 1.54. The van der Waals surface area contributed by atoms with Crippen LogP contribution in [0.25, 0.3) is 0 Å². The molecule has 7 heteroatoms. The minimum absolute atomic E-state index is 0.0765. The number of amides is 1. The molecule has 0 spiro atoms. The molecule has 1 saturated heterocycles. The van der Waals surface area contributed by atoms with Gasteiger partial charge in [-0.25, -0.2) is 9.97 Å². The molecule has 1 fully saturated rings. The number of carbonyl (C=O) groups is 1. The van der Waals surface area contributed by atoms with Crippen molar-refractivity contribution in [3.8, 4) is 0 Å².